The summed E-state index contributed by atoms with van der Waals surface area (Å²) in [4.78, 5) is 12.7. The molecule has 2 aromatic carbocycles. The van der Waals surface area contributed by atoms with Gasteiger partial charge in [0.1, 0.15) is 17.2 Å². The molecule has 0 heterocycles. The lowest BCUT2D eigenvalue weighted by Gasteiger charge is -2.16. The van der Waals surface area contributed by atoms with Crippen molar-refractivity contribution in [2.75, 3.05) is 26.1 Å². The number of halogens is 1. The van der Waals surface area contributed by atoms with Crippen LogP contribution >= 0.6 is 28.1 Å². The number of methoxy groups -OCH3 is 2. The van der Waals surface area contributed by atoms with E-state index in [1.165, 1.54) is 0 Å². The first-order valence-electron chi connectivity index (χ1n) is 8.60. The van der Waals surface area contributed by atoms with E-state index in [9.17, 15) is 4.79 Å². The maximum atomic E-state index is 12.7. The second kappa shape index (κ2) is 10.3. The third-order valence-electron chi connectivity index (χ3n) is 3.64. The Morgan fingerprint density at radius 1 is 1.11 bits per heavy atom. The monoisotopic (exact) mass is 466 g/mol. The first kappa shape index (κ1) is 22.0. The van der Waals surface area contributed by atoms with Crippen molar-refractivity contribution in [1.29, 1.82) is 0 Å². The number of rotatable bonds is 7. The van der Waals surface area contributed by atoms with Crippen LogP contribution in [-0.2, 0) is 0 Å². The maximum Gasteiger partial charge on any atom is 0.261 e. The van der Waals surface area contributed by atoms with E-state index in [1.54, 1.807) is 44.6 Å². The molecule has 0 unspecified atom stereocenters. The normalized spacial score (nSPS) is 10.4. The SMILES string of the molecule is COc1ccc(OC)c(NC(=S)NC(=O)c2cc(Br)ccc2OCC(C)C)c1. The number of hydrogen-bond donors (Lipinski definition) is 2. The van der Waals surface area contributed by atoms with Crippen LogP contribution in [0.1, 0.15) is 24.2 Å². The molecule has 1 amide bonds. The lowest BCUT2D eigenvalue weighted by molar-refractivity contribution is 0.0973. The van der Waals surface area contributed by atoms with Gasteiger partial charge in [0.25, 0.3) is 5.91 Å². The van der Waals surface area contributed by atoms with Crippen molar-refractivity contribution in [3.8, 4) is 17.2 Å². The molecular formula is C20H23BrN2O4S. The summed E-state index contributed by atoms with van der Waals surface area (Å²) in [6.07, 6.45) is 0. The summed E-state index contributed by atoms with van der Waals surface area (Å²) in [6.45, 7) is 4.59. The highest BCUT2D eigenvalue weighted by Crippen LogP contribution is 2.29. The highest BCUT2D eigenvalue weighted by molar-refractivity contribution is 9.10. The lowest BCUT2D eigenvalue weighted by Crippen LogP contribution is -2.34. The average Bonchev–Trinajstić information content (AvgIpc) is 2.66. The van der Waals surface area contributed by atoms with Gasteiger partial charge in [-0.3, -0.25) is 10.1 Å². The van der Waals surface area contributed by atoms with Gasteiger partial charge in [0.2, 0.25) is 0 Å². The largest absolute Gasteiger partial charge is 0.497 e. The number of ether oxygens (including phenoxy) is 3. The Labute approximate surface area is 178 Å². The number of thiocarbonyl (C=S) groups is 1. The van der Waals surface area contributed by atoms with Crippen LogP contribution < -0.4 is 24.8 Å². The fourth-order valence-electron chi connectivity index (χ4n) is 2.30. The number of hydrogen-bond acceptors (Lipinski definition) is 5. The summed E-state index contributed by atoms with van der Waals surface area (Å²) >= 11 is 8.67. The fraction of sp³-hybridized carbons (Fsp3) is 0.300. The van der Waals surface area contributed by atoms with Gasteiger partial charge in [0, 0.05) is 10.5 Å². The summed E-state index contributed by atoms with van der Waals surface area (Å²) < 4.78 is 17.0. The Bertz CT molecular complexity index is 858. The van der Waals surface area contributed by atoms with Gasteiger partial charge in [-0.25, -0.2) is 0 Å². The molecule has 0 bridgehead atoms. The molecule has 0 aromatic heterocycles. The van der Waals surface area contributed by atoms with Crippen molar-refractivity contribution >= 4 is 44.9 Å². The molecule has 150 valence electrons. The fourth-order valence-corrected chi connectivity index (χ4v) is 2.86. The van der Waals surface area contributed by atoms with Gasteiger partial charge in [-0.1, -0.05) is 29.8 Å². The van der Waals surface area contributed by atoms with Crippen LogP contribution in [0.2, 0.25) is 0 Å². The number of benzene rings is 2. The quantitative estimate of drug-likeness (QED) is 0.579. The van der Waals surface area contributed by atoms with Crippen molar-refractivity contribution in [2.45, 2.75) is 13.8 Å². The molecule has 0 saturated carbocycles. The highest BCUT2D eigenvalue weighted by Gasteiger charge is 2.16. The second-order valence-corrected chi connectivity index (χ2v) is 7.64. The van der Waals surface area contributed by atoms with Crippen LogP contribution in [0.15, 0.2) is 40.9 Å². The first-order chi connectivity index (χ1) is 13.3. The van der Waals surface area contributed by atoms with E-state index < -0.39 is 0 Å². The smallest absolute Gasteiger partial charge is 0.261 e. The van der Waals surface area contributed by atoms with E-state index >= 15 is 0 Å². The van der Waals surface area contributed by atoms with Crippen molar-refractivity contribution in [3.63, 3.8) is 0 Å². The minimum atomic E-state index is -0.376. The molecule has 0 aliphatic heterocycles. The Kier molecular flexibility index (Phi) is 8.07. The van der Waals surface area contributed by atoms with E-state index in [0.29, 0.717) is 41.0 Å². The van der Waals surface area contributed by atoms with E-state index in [0.717, 1.165) is 4.47 Å². The number of carbonyl (C=O) groups is 1. The van der Waals surface area contributed by atoms with Gasteiger partial charge in [-0.15, -0.1) is 0 Å². The Morgan fingerprint density at radius 2 is 1.82 bits per heavy atom. The molecule has 0 aliphatic rings. The Balaban J connectivity index is 2.15. The van der Waals surface area contributed by atoms with Crippen LogP contribution in [0.3, 0.4) is 0 Å². The second-order valence-electron chi connectivity index (χ2n) is 6.32. The summed E-state index contributed by atoms with van der Waals surface area (Å²) in [5.74, 6) is 1.66. The van der Waals surface area contributed by atoms with Gasteiger partial charge in [-0.05, 0) is 48.5 Å². The highest BCUT2D eigenvalue weighted by atomic mass is 79.9. The molecular weight excluding hydrogens is 444 g/mol. The molecule has 0 atom stereocenters. The van der Waals surface area contributed by atoms with Gasteiger partial charge in [-0.2, -0.15) is 0 Å². The predicted molar refractivity (Wildman–Crippen MR) is 118 cm³/mol. The molecule has 8 heteroatoms. The molecule has 6 nitrogen and oxygen atoms in total. The van der Waals surface area contributed by atoms with Crippen LogP contribution in [0.25, 0.3) is 0 Å². The number of carbonyl (C=O) groups excluding carboxylic acids is 1. The van der Waals surface area contributed by atoms with E-state index in [1.807, 2.05) is 19.9 Å². The maximum absolute atomic E-state index is 12.7. The Hall–Kier alpha value is -2.32. The topological polar surface area (TPSA) is 68.8 Å². The zero-order valence-corrected chi connectivity index (χ0v) is 18.6. The summed E-state index contributed by atoms with van der Waals surface area (Å²) in [5, 5.41) is 5.77. The van der Waals surface area contributed by atoms with Crippen LogP contribution in [-0.4, -0.2) is 31.8 Å². The van der Waals surface area contributed by atoms with E-state index in [4.69, 9.17) is 26.4 Å². The molecule has 0 fully saturated rings. The van der Waals surface area contributed by atoms with Gasteiger partial charge in [0.05, 0.1) is 32.1 Å². The molecule has 2 rings (SSSR count). The number of anilines is 1. The van der Waals surface area contributed by atoms with Crippen molar-refractivity contribution in [3.05, 3.63) is 46.4 Å². The zero-order chi connectivity index (χ0) is 20.7. The number of nitrogens with one attached hydrogen (secondary N) is 2. The zero-order valence-electron chi connectivity index (χ0n) is 16.2. The van der Waals surface area contributed by atoms with Crippen LogP contribution in [0.4, 0.5) is 5.69 Å². The van der Waals surface area contributed by atoms with Crippen LogP contribution in [0.5, 0.6) is 17.2 Å². The third-order valence-corrected chi connectivity index (χ3v) is 4.34. The summed E-state index contributed by atoms with van der Waals surface area (Å²) in [7, 11) is 3.12. The molecule has 2 aromatic rings. The summed E-state index contributed by atoms with van der Waals surface area (Å²) in [5.41, 5.74) is 0.967. The van der Waals surface area contributed by atoms with E-state index in [-0.39, 0.29) is 11.0 Å². The Morgan fingerprint density at radius 3 is 2.46 bits per heavy atom. The van der Waals surface area contributed by atoms with Crippen LogP contribution in [0, 0.1) is 5.92 Å². The standard InChI is InChI=1S/C20H23BrN2O4S/c1-12(2)11-27-17-7-5-13(21)9-15(17)19(24)23-20(28)22-16-10-14(25-3)6-8-18(16)26-4/h5-10,12H,11H2,1-4H3,(H2,22,23,24,28). The van der Waals surface area contributed by atoms with Crippen molar-refractivity contribution in [1.82, 2.24) is 5.32 Å². The number of amides is 1. The minimum absolute atomic E-state index is 0.131. The van der Waals surface area contributed by atoms with E-state index in [2.05, 4.69) is 26.6 Å². The predicted octanol–water partition coefficient (Wildman–Crippen LogP) is 4.63. The summed E-state index contributed by atoms with van der Waals surface area (Å²) in [6, 6.07) is 10.5. The van der Waals surface area contributed by atoms with Gasteiger partial charge in [0.15, 0.2) is 5.11 Å². The van der Waals surface area contributed by atoms with Crippen molar-refractivity contribution in [2.24, 2.45) is 5.92 Å². The molecule has 0 radical (unpaired) electrons. The molecule has 0 aliphatic carbocycles. The first-order valence-corrected chi connectivity index (χ1v) is 9.81. The molecule has 0 spiro atoms. The lowest BCUT2D eigenvalue weighted by atomic mass is 10.2. The van der Waals surface area contributed by atoms with Gasteiger partial charge >= 0.3 is 0 Å². The van der Waals surface area contributed by atoms with Crippen molar-refractivity contribution < 1.29 is 19.0 Å². The van der Waals surface area contributed by atoms with Gasteiger partial charge < -0.3 is 19.5 Å². The average molecular weight is 467 g/mol. The molecule has 2 N–H and O–H groups in total. The molecule has 0 saturated heterocycles. The molecule has 28 heavy (non-hydrogen) atoms. The third kappa shape index (κ3) is 6.10. The minimum Gasteiger partial charge on any atom is -0.497 e.